The van der Waals surface area contributed by atoms with Gasteiger partial charge in [-0.25, -0.2) is 4.98 Å². The van der Waals surface area contributed by atoms with Crippen LogP contribution in [-0.2, 0) is 11.2 Å². The number of thiazole rings is 1. The molecule has 1 aliphatic heterocycles. The number of nitrogens with zero attached hydrogens (tertiary/aromatic N) is 2. The number of rotatable bonds is 3. The molecule has 8 heteroatoms. The molecular formula is C18H17N3O3S2. The summed E-state index contributed by atoms with van der Waals surface area (Å²) >= 11 is 2.79. The number of aromatic nitrogens is 1. The fraction of sp³-hybridized carbons (Fsp3) is 0.333. The minimum Gasteiger partial charge on any atom is -0.316 e. The van der Waals surface area contributed by atoms with Crippen molar-refractivity contribution >= 4 is 45.8 Å². The number of nitrogens with one attached hydrogen (secondary N) is 1. The van der Waals surface area contributed by atoms with Gasteiger partial charge in [-0.15, -0.1) is 11.8 Å². The molecule has 0 bridgehead atoms. The van der Waals surface area contributed by atoms with Crippen LogP contribution in [0.25, 0.3) is 0 Å². The molecular weight excluding hydrogens is 370 g/mol. The first-order valence-corrected chi connectivity index (χ1v) is 10.4. The molecule has 4 rings (SSSR count). The van der Waals surface area contributed by atoms with Gasteiger partial charge in [0.15, 0.2) is 10.9 Å². The topological polar surface area (TPSA) is 79.4 Å². The summed E-state index contributed by atoms with van der Waals surface area (Å²) in [5.41, 5.74) is 1.35. The fourth-order valence-electron chi connectivity index (χ4n) is 3.12. The second kappa shape index (κ2) is 7.20. The van der Waals surface area contributed by atoms with Gasteiger partial charge >= 0.3 is 0 Å². The van der Waals surface area contributed by atoms with E-state index in [1.54, 1.807) is 28.8 Å². The molecule has 26 heavy (non-hydrogen) atoms. The molecule has 2 aliphatic rings. The summed E-state index contributed by atoms with van der Waals surface area (Å²) in [5.74, 6) is 0.733. The van der Waals surface area contributed by atoms with Gasteiger partial charge < -0.3 is 10.2 Å². The first kappa shape index (κ1) is 17.2. The van der Waals surface area contributed by atoms with Crippen molar-refractivity contribution in [1.82, 2.24) is 9.88 Å². The maximum Gasteiger partial charge on any atom is 0.255 e. The van der Waals surface area contributed by atoms with Gasteiger partial charge in [0, 0.05) is 17.7 Å². The van der Waals surface area contributed by atoms with Gasteiger partial charge in [-0.3, -0.25) is 14.4 Å². The van der Waals surface area contributed by atoms with Crippen LogP contribution in [-0.4, -0.2) is 45.2 Å². The quantitative estimate of drug-likeness (QED) is 0.876. The largest absolute Gasteiger partial charge is 0.316 e. The van der Waals surface area contributed by atoms with E-state index in [4.69, 9.17) is 0 Å². The molecule has 1 aromatic heterocycles. The van der Waals surface area contributed by atoms with Crippen molar-refractivity contribution in [3.8, 4) is 0 Å². The van der Waals surface area contributed by atoms with Gasteiger partial charge in [0.25, 0.3) is 5.91 Å². The Labute approximate surface area is 159 Å². The van der Waals surface area contributed by atoms with E-state index in [1.165, 1.54) is 11.3 Å². The Morgan fingerprint density at radius 2 is 2.00 bits per heavy atom. The Morgan fingerprint density at radius 3 is 2.77 bits per heavy atom. The maximum absolute atomic E-state index is 12.7. The van der Waals surface area contributed by atoms with Crippen LogP contribution in [0.1, 0.15) is 38.6 Å². The van der Waals surface area contributed by atoms with Crippen LogP contribution in [0.5, 0.6) is 0 Å². The van der Waals surface area contributed by atoms with Crippen LogP contribution in [0.15, 0.2) is 30.3 Å². The number of hydrogen-bond acceptors (Lipinski definition) is 6. The predicted octanol–water partition coefficient (Wildman–Crippen LogP) is 2.82. The number of fused-ring (bicyclic) bond motifs is 1. The number of anilines is 1. The Balaban J connectivity index is 1.49. The van der Waals surface area contributed by atoms with E-state index in [0.717, 1.165) is 18.5 Å². The number of hydrogen-bond donors (Lipinski definition) is 1. The van der Waals surface area contributed by atoms with Gasteiger partial charge in [0.2, 0.25) is 5.91 Å². The highest BCUT2D eigenvalue weighted by Gasteiger charge is 2.35. The third kappa shape index (κ3) is 3.26. The standard InChI is InChI=1S/C18H17N3O3S2/c22-14-8-4-7-12-15(14)26-18(19-12)20-16(23)13-9-25-10-21(13)17(24)11-5-2-1-3-6-11/h1-3,5-6,13H,4,7-10H2,(H,19,20,23)/t13-/m0/s1. The first-order valence-electron chi connectivity index (χ1n) is 8.41. The average Bonchev–Trinajstić information content (AvgIpc) is 3.29. The number of thioether (sulfide) groups is 1. The van der Waals surface area contributed by atoms with Crippen LogP contribution >= 0.6 is 23.1 Å². The van der Waals surface area contributed by atoms with Gasteiger partial charge in [-0.1, -0.05) is 29.5 Å². The van der Waals surface area contributed by atoms with Gasteiger partial charge in [-0.05, 0) is 25.0 Å². The summed E-state index contributed by atoms with van der Waals surface area (Å²) in [6.07, 6.45) is 2.12. The van der Waals surface area contributed by atoms with Crippen molar-refractivity contribution in [2.75, 3.05) is 16.9 Å². The highest BCUT2D eigenvalue weighted by molar-refractivity contribution is 7.99. The van der Waals surface area contributed by atoms with Crippen LogP contribution in [0.2, 0.25) is 0 Å². The van der Waals surface area contributed by atoms with Crippen molar-refractivity contribution in [2.24, 2.45) is 0 Å². The van der Waals surface area contributed by atoms with Crippen LogP contribution in [0, 0.1) is 0 Å². The van der Waals surface area contributed by atoms with E-state index in [1.807, 2.05) is 18.2 Å². The summed E-state index contributed by atoms with van der Waals surface area (Å²) in [7, 11) is 0. The lowest BCUT2D eigenvalue weighted by atomic mass is 10.0. The zero-order valence-corrected chi connectivity index (χ0v) is 15.6. The van der Waals surface area contributed by atoms with Crippen LogP contribution in [0.3, 0.4) is 0 Å². The number of carbonyl (C=O) groups excluding carboxylic acids is 3. The number of carbonyl (C=O) groups is 3. The summed E-state index contributed by atoms with van der Waals surface area (Å²) in [5, 5.41) is 3.25. The second-order valence-corrected chi connectivity index (χ2v) is 8.22. The normalized spacial score (nSPS) is 19.3. The van der Waals surface area contributed by atoms with Gasteiger partial charge in [0.1, 0.15) is 6.04 Å². The zero-order valence-electron chi connectivity index (χ0n) is 13.9. The molecule has 0 spiro atoms. The number of amides is 2. The smallest absolute Gasteiger partial charge is 0.255 e. The highest BCUT2D eigenvalue weighted by Crippen LogP contribution is 2.30. The highest BCUT2D eigenvalue weighted by atomic mass is 32.2. The molecule has 0 saturated carbocycles. The van der Waals surface area contributed by atoms with Gasteiger partial charge in [0.05, 0.1) is 16.4 Å². The minimum atomic E-state index is -0.538. The van der Waals surface area contributed by atoms with Crippen molar-refractivity contribution in [3.05, 3.63) is 46.5 Å². The molecule has 2 amide bonds. The lowest BCUT2D eigenvalue weighted by Gasteiger charge is -2.22. The zero-order chi connectivity index (χ0) is 18.1. The Kier molecular flexibility index (Phi) is 4.78. The van der Waals surface area contributed by atoms with Crippen LogP contribution in [0.4, 0.5) is 5.13 Å². The molecule has 134 valence electrons. The molecule has 1 fully saturated rings. The predicted molar refractivity (Wildman–Crippen MR) is 102 cm³/mol. The van der Waals surface area contributed by atoms with Crippen molar-refractivity contribution in [1.29, 1.82) is 0 Å². The van der Waals surface area contributed by atoms with E-state index in [2.05, 4.69) is 10.3 Å². The summed E-state index contributed by atoms with van der Waals surface area (Å²) in [6.45, 7) is 0. The van der Waals surface area contributed by atoms with E-state index in [-0.39, 0.29) is 17.6 Å². The maximum atomic E-state index is 12.7. The molecule has 1 atom stereocenters. The first-order chi connectivity index (χ1) is 12.6. The minimum absolute atomic E-state index is 0.0987. The molecule has 1 aliphatic carbocycles. The molecule has 1 aromatic carbocycles. The molecule has 0 unspecified atom stereocenters. The summed E-state index contributed by atoms with van der Waals surface area (Å²) in [6, 6.07) is 8.43. The average molecular weight is 387 g/mol. The van der Waals surface area contributed by atoms with Gasteiger partial charge in [-0.2, -0.15) is 0 Å². The second-order valence-electron chi connectivity index (χ2n) is 6.22. The number of benzene rings is 1. The van der Waals surface area contributed by atoms with Crippen molar-refractivity contribution in [3.63, 3.8) is 0 Å². The Morgan fingerprint density at radius 1 is 1.19 bits per heavy atom. The molecule has 6 nitrogen and oxygen atoms in total. The third-order valence-corrected chi connectivity index (χ3v) is 6.53. The van der Waals surface area contributed by atoms with Crippen molar-refractivity contribution < 1.29 is 14.4 Å². The molecule has 1 saturated heterocycles. The third-order valence-electron chi connectivity index (χ3n) is 4.46. The lowest BCUT2D eigenvalue weighted by Crippen LogP contribution is -2.44. The number of aryl methyl sites for hydroxylation is 1. The fourth-order valence-corrected chi connectivity index (χ4v) is 5.25. The molecule has 0 radical (unpaired) electrons. The summed E-state index contributed by atoms with van der Waals surface area (Å²) in [4.78, 5) is 44.0. The number of Topliss-reactive ketones (excluding diaryl/α,β-unsaturated/α-hetero) is 1. The monoisotopic (exact) mass is 387 g/mol. The lowest BCUT2D eigenvalue weighted by molar-refractivity contribution is -0.119. The SMILES string of the molecule is O=C1CCCc2nc(NC(=O)[C@@H]3CSCN3C(=O)c3ccccc3)sc21. The molecule has 2 aromatic rings. The van der Waals surface area contributed by atoms with E-state index in [9.17, 15) is 14.4 Å². The van der Waals surface area contributed by atoms with Crippen LogP contribution < -0.4 is 5.32 Å². The van der Waals surface area contributed by atoms with Crippen molar-refractivity contribution in [2.45, 2.75) is 25.3 Å². The molecule has 2 heterocycles. The molecule has 1 N–H and O–H groups in total. The Bertz CT molecular complexity index is 866. The summed E-state index contributed by atoms with van der Waals surface area (Å²) < 4.78 is 0. The van der Waals surface area contributed by atoms with E-state index < -0.39 is 6.04 Å². The van der Waals surface area contributed by atoms with E-state index >= 15 is 0 Å². The van der Waals surface area contributed by atoms with E-state index in [0.29, 0.717) is 33.6 Å². The number of ketones is 1. The Hall–Kier alpha value is -2.19.